The van der Waals surface area contributed by atoms with Crippen LogP contribution in [0.3, 0.4) is 0 Å². The number of halogens is 1. The molecule has 0 spiro atoms. The van der Waals surface area contributed by atoms with E-state index in [1.807, 2.05) is 6.07 Å². The minimum absolute atomic E-state index is 0.168. The topological polar surface area (TPSA) is 56.3 Å². The minimum atomic E-state index is 0.168. The molecular weight excluding hydrogens is 437 g/mol. The van der Waals surface area contributed by atoms with Crippen molar-refractivity contribution in [2.75, 3.05) is 18.7 Å². The van der Waals surface area contributed by atoms with Crippen molar-refractivity contribution in [3.05, 3.63) is 39.0 Å². The van der Waals surface area contributed by atoms with Crippen LogP contribution in [0.15, 0.2) is 30.6 Å². The molecule has 5 rings (SSSR count). The van der Waals surface area contributed by atoms with Crippen LogP contribution in [-0.2, 0) is 5.41 Å². The quantitative estimate of drug-likeness (QED) is 0.604. The zero-order valence-electron chi connectivity index (χ0n) is 12.7. The number of hydrogen-bond donors (Lipinski definition) is 1. The Morgan fingerprint density at radius 1 is 1.17 bits per heavy atom. The molecule has 3 heterocycles. The smallest absolute Gasteiger partial charge is 0.231 e. The molecule has 122 valence electrons. The number of hydrogen-bond acceptors (Lipinski definition) is 6. The van der Waals surface area contributed by atoms with Crippen LogP contribution < -0.4 is 14.8 Å². The summed E-state index contributed by atoms with van der Waals surface area (Å²) in [6, 6.07) is 8.44. The lowest BCUT2D eigenvalue weighted by molar-refractivity contribution is 0.174. The molecule has 2 aliphatic rings. The number of aromatic nitrogens is 2. The van der Waals surface area contributed by atoms with Crippen LogP contribution in [0.5, 0.6) is 11.5 Å². The Kier molecular flexibility index (Phi) is 3.34. The molecule has 0 atom stereocenters. The van der Waals surface area contributed by atoms with Crippen LogP contribution in [0, 0.1) is 2.88 Å². The molecule has 0 amide bonds. The number of fused-ring (bicyclic) bond motifs is 2. The van der Waals surface area contributed by atoms with Gasteiger partial charge in [0.1, 0.15) is 17.0 Å². The molecule has 1 saturated carbocycles. The Labute approximate surface area is 156 Å². The summed E-state index contributed by atoms with van der Waals surface area (Å²) < 4.78 is 12.2. The number of benzene rings is 1. The summed E-state index contributed by atoms with van der Waals surface area (Å²) in [5.41, 5.74) is 1.48. The maximum Gasteiger partial charge on any atom is 0.231 e. The third-order valence-electron chi connectivity index (χ3n) is 4.73. The van der Waals surface area contributed by atoms with Crippen molar-refractivity contribution in [1.82, 2.24) is 9.97 Å². The van der Waals surface area contributed by atoms with E-state index >= 15 is 0 Å². The number of rotatable bonds is 4. The van der Waals surface area contributed by atoms with E-state index in [1.165, 1.54) is 21.3 Å². The molecule has 1 aliphatic carbocycles. The lowest BCUT2D eigenvalue weighted by Crippen LogP contribution is -2.20. The van der Waals surface area contributed by atoms with Crippen LogP contribution in [0.1, 0.15) is 18.4 Å². The second-order valence-corrected chi connectivity index (χ2v) is 9.12. The lowest BCUT2D eigenvalue weighted by atomic mass is 9.95. The SMILES string of the molecule is Ic1cc2c(NCC3(c4ccc5c(c4)OCO5)CC3)ncnc2s1. The van der Waals surface area contributed by atoms with Crippen LogP contribution in [0.25, 0.3) is 10.2 Å². The van der Waals surface area contributed by atoms with Gasteiger partial charge in [0.2, 0.25) is 6.79 Å². The highest BCUT2D eigenvalue weighted by molar-refractivity contribution is 14.1. The standard InChI is InChI=1S/C17H14IN3O2S/c18-14-6-11-15(20-8-21-16(11)24-14)19-7-17(3-4-17)10-1-2-12-13(5-10)23-9-22-12/h1-2,5-6,8H,3-4,7,9H2,(H,19,20,21). The fourth-order valence-corrected chi connectivity index (χ4v) is 4.83. The summed E-state index contributed by atoms with van der Waals surface area (Å²) in [7, 11) is 0. The third-order valence-corrected chi connectivity index (χ3v) is 6.54. The Bertz CT molecular complexity index is 939. The second kappa shape index (κ2) is 5.45. The van der Waals surface area contributed by atoms with Crippen molar-refractivity contribution in [2.24, 2.45) is 0 Å². The molecule has 1 aromatic carbocycles. The van der Waals surface area contributed by atoms with Crippen molar-refractivity contribution in [3.8, 4) is 11.5 Å². The first-order valence-electron chi connectivity index (χ1n) is 7.78. The van der Waals surface area contributed by atoms with Gasteiger partial charge in [0, 0.05) is 12.0 Å². The summed E-state index contributed by atoms with van der Waals surface area (Å²) in [6.07, 6.45) is 3.99. The number of nitrogens with zero attached hydrogens (tertiary/aromatic N) is 2. The molecule has 0 bridgehead atoms. The Hall–Kier alpha value is -1.61. The third kappa shape index (κ3) is 2.41. The number of nitrogens with one attached hydrogen (secondary N) is 1. The predicted molar refractivity (Wildman–Crippen MR) is 102 cm³/mol. The summed E-state index contributed by atoms with van der Waals surface area (Å²) >= 11 is 4.02. The van der Waals surface area contributed by atoms with Crippen molar-refractivity contribution in [3.63, 3.8) is 0 Å². The lowest BCUT2D eigenvalue weighted by Gasteiger charge is -2.17. The van der Waals surface area contributed by atoms with Gasteiger partial charge in [-0.3, -0.25) is 0 Å². The molecule has 1 aliphatic heterocycles. The predicted octanol–water partition coefficient (Wildman–Crippen LogP) is 4.17. The fraction of sp³-hybridized carbons (Fsp3) is 0.294. The van der Waals surface area contributed by atoms with E-state index in [9.17, 15) is 0 Å². The second-order valence-electron chi connectivity index (χ2n) is 6.19. The molecule has 1 fully saturated rings. The molecule has 7 heteroatoms. The maximum absolute atomic E-state index is 5.52. The van der Waals surface area contributed by atoms with Crippen LogP contribution in [-0.4, -0.2) is 23.3 Å². The van der Waals surface area contributed by atoms with Crippen molar-refractivity contribution in [1.29, 1.82) is 0 Å². The van der Waals surface area contributed by atoms with Gasteiger partial charge in [0.05, 0.1) is 8.27 Å². The molecule has 0 radical (unpaired) electrons. The van der Waals surface area contributed by atoms with Crippen LogP contribution in [0.4, 0.5) is 5.82 Å². The highest BCUT2D eigenvalue weighted by Gasteiger charge is 2.44. The summed E-state index contributed by atoms with van der Waals surface area (Å²) in [6.45, 7) is 1.19. The van der Waals surface area contributed by atoms with Gasteiger partial charge in [-0.15, -0.1) is 11.3 Å². The Morgan fingerprint density at radius 2 is 2.04 bits per heavy atom. The van der Waals surface area contributed by atoms with Crippen molar-refractivity contribution >= 4 is 50.0 Å². The van der Waals surface area contributed by atoms with Gasteiger partial charge in [-0.05, 0) is 59.2 Å². The monoisotopic (exact) mass is 451 g/mol. The average Bonchev–Trinajstić information content (AvgIpc) is 3.05. The highest BCUT2D eigenvalue weighted by Crippen LogP contribution is 2.50. The van der Waals surface area contributed by atoms with Gasteiger partial charge < -0.3 is 14.8 Å². The zero-order valence-corrected chi connectivity index (χ0v) is 15.7. The van der Waals surface area contributed by atoms with E-state index in [2.05, 4.69) is 56.1 Å². The molecule has 0 saturated heterocycles. The minimum Gasteiger partial charge on any atom is -0.454 e. The molecule has 0 unspecified atom stereocenters. The normalized spacial score (nSPS) is 17.2. The highest BCUT2D eigenvalue weighted by atomic mass is 127. The van der Waals surface area contributed by atoms with E-state index < -0.39 is 0 Å². The summed E-state index contributed by atoms with van der Waals surface area (Å²) in [4.78, 5) is 9.82. The van der Waals surface area contributed by atoms with Crippen LogP contribution in [0.2, 0.25) is 0 Å². The zero-order chi connectivity index (χ0) is 16.1. The van der Waals surface area contributed by atoms with E-state index in [1.54, 1.807) is 17.7 Å². The first-order chi connectivity index (χ1) is 11.7. The first-order valence-corrected chi connectivity index (χ1v) is 9.67. The van der Waals surface area contributed by atoms with Crippen LogP contribution >= 0.6 is 33.9 Å². The molecule has 1 N–H and O–H groups in total. The largest absolute Gasteiger partial charge is 0.454 e. The van der Waals surface area contributed by atoms with Gasteiger partial charge >= 0.3 is 0 Å². The van der Waals surface area contributed by atoms with Gasteiger partial charge in [0.25, 0.3) is 0 Å². The molecule has 24 heavy (non-hydrogen) atoms. The molecule has 2 aromatic heterocycles. The van der Waals surface area contributed by atoms with E-state index in [-0.39, 0.29) is 5.41 Å². The van der Waals surface area contributed by atoms with Gasteiger partial charge in [-0.2, -0.15) is 0 Å². The van der Waals surface area contributed by atoms with Crippen molar-refractivity contribution < 1.29 is 9.47 Å². The molecular formula is C17H14IN3O2S. The fourth-order valence-electron chi connectivity index (χ4n) is 3.16. The van der Waals surface area contributed by atoms with Gasteiger partial charge in [-0.1, -0.05) is 6.07 Å². The van der Waals surface area contributed by atoms with Gasteiger partial charge in [0.15, 0.2) is 11.5 Å². The Balaban J connectivity index is 1.41. The van der Waals surface area contributed by atoms with E-state index in [4.69, 9.17) is 9.47 Å². The summed E-state index contributed by atoms with van der Waals surface area (Å²) in [5.74, 6) is 2.62. The summed E-state index contributed by atoms with van der Waals surface area (Å²) in [5, 5.41) is 4.66. The van der Waals surface area contributed by atoms with E-state index in [0.29, 0.717) is 6.79 Å². The number of thiophene rings is 1. The van der Waals surface area contributed by atoms with Gasteiger partial charge in [-0.25, -0.2) is 9.97 Å². The first kappa shape index (κ1) is 14.7. The molecule has 5 nitrogen and oxygen atoms in total. The maximum atomic E-state index is 5.52. The average molecular weight is 451 g/mol. The number of anilines is 1. The molecule has 3 aromatic rings. The van der Waals surface area contributed by atoms with Crippen molar-refractivity contribution in [2.45, 2.75) is 18.3 Å². The number of ether oxygens (including phenoxy) is 2. The van der Waals surface area contributed by atoms with E-state index in [0.717, 1.165) is 34.1 Å². The Morgan fingerprint density at radius 3 is 2.92 bits per heavy atom.